The summed E-state index contributed by atoms with van der Waals surface area (Å²) in [7, 11) is 0. The van der Waals surface area contributed by atoms with Gasteiger partial charge in [-0.05, 0) is 28.1 Å². The van der Waals surface area contributed by atoms with Crippen LogP contribution in [0.15, 0.2) is 58.3 Å². The fourth-order valence-electron chi connectivity index (χ4n) is 2.02. The van der Waals surface area contributed by atoms with Gasteiger partial charge in [-0.2, -0.15) is 0 Å². The third-order valence-electron chi connectivity index (χ3n) is 2.85. The highest BCUT2D eigenvalue weighted by molar-refractivity contribution is 9.10. The van der Waals surface area contributed by atoms with Crippen LogP contribution in [-0.4, -0.2) is 20.8 Å². The van der Waals surface area contributed by atoms with Crippen molar-refractivity contribution in [3.63, 3.8) is 0 Å². The lowest BCUT2D eigenvalue weighted by Crippen LogP contribution is -1.93. The molecule has 0 amide bonds. The van der Waals surface area contributed by atoms with Crippen molar-refractivity contribution in [2.24, 2.45) is 5.16 Å². The molecule has 2 aromatic heterocycles. The second-order valence-corrected chi connectivity index (χ2v) is 4.95. The molecule has 4 nitrogen and oxygen atoms in total. The van der Waals surface area contributed by atoms with Crippen LogP contribution in [0.3, 0.4) is 0 Å². The van der Waals surface area contributed by atoms with Gasteiger partial charge >= 0.3 is 0 Å². The molecule has 1 aromatic carbocycles. The highest BCUT2D eigenvalue weighted by Crippen LogP contribution is 2.24. The van der Waals surface area contributed by atoms with Gasteiger partial charge in [0.05, 0.1) is 17.6 Å². The molecule has 3 rings (SSSR count). The molecule has 0 radical (unpaired) electrons. The molecule has 2 heterocycles. The van der Waals surface area contributed by atoms with Crippen molar-refractivity contribution >= 4 is 27.8 Å². The topological polar surface area (TPSA) is 49.9 Å². The van der Waals surface area contributed by atoms with Crippen LogP contribution in [0.4, 0.5) is 0 Å². The van der Waals surface area contributed by atoms with Gasteiger partial charge in [-0.3, -0.25) is 4.40 Å². The quantitative estimate of drug-likeness (QED) is 0.446. The number of imidazole rings is 1. The molecule has 94 valence electrons. The average Bonchev–Trinajstić information content (AvgIpc) is 2.79. The lowest BCUT2D eigenvalue weighted by Gasteiger charge is -1.99. The molecular formula is C14H10BrN3O. The monoisotopic (exact) mass is 315 g/mol. The van der Waals surface area contributed by atoms with Crippen LogP contribution in [0.5, 0.6) is 0 Å². The summed E-state index contributed by atoms with van der Waals surface area (Å²) < 4.78 is 2.82. The van der Waals surface area contributed by atoms with Crippen LogP contribution in [0.2, 0.25) is 0 Å². The van der Waals surface area contributed by atoms with E-state index < -0.39 is 0 Å². The minimum absolute atomic E-state index is 0.741. The Morgan fingerprint density at radius 3 is 2.68 bits per heavy atom. The third-order valence-corrected chi connectivity index (χ3v) is 3.32. The Balaban J connectivity index is 2.33. The summed E-state index contributed by atoms with van der Waals surface area (Å²) in [6.45, 7) is 0. The van der Waals surface area contributed by atoms with Crippen LogP contribution in [-0.2, 0) is 0 Å². The van der Waals surface area contributed by atoms with Crippen LogP contribution in [0.25, 0.3) is 16.9 Å². The lowest BCUT2D eigenvalue weighted by atomic mass is 10.1. The number of oxime groups is 1. The first-order valence-electron chi connectivity index (χ1n) is 5.70. The number of hydrogen-bond donors (Lipinski definition) is 1. The second kappa shape index (κ2) is 4.85. The Bertz CT molecular complexity index is 750. The molecule has 0 unspecified atom stereocenters. The van der Waals surface area contributed by atoms with Gasteiger partial charge in [0.2, 0.25) is 0 Å². The zero-order chi connectivity index (χ0) is 13.2. The second-order valence-electron chi connectivity index (χ2n) is 4.03. The van der Waals surface area contributed by atoms with E-state index in [9.17, 15) is 0 Å². The Morgan fingerprint density at radius 1 is 1.16 bits per heavy atom. The molecule has 19 heavy (non-hydrogen) atoms. The van der Waals surface area contributed by atoms with Gasteiger partial charge in [0.15, 0.2) is 0 Å². The van der Waals surface area contributed by atoms with Crippen LogP contribution in [0, 0.1) is 0 Å². The normalized spacial score (nSPS) is 11.4. The zero-order valence-electron chi connectivity index (χ0n) is 9.86. The van der Waals surface area contributed by atoms with E-state index >= 15 is 0 Å². The Labute approximate surface area is 118 Å². The van der Waals surface area contributed by atoms with Crippen molar-refractivity contribution in [2.45, 2.75) is 0 Å². The van der Waals surface area contributed by atoms with Crippen molar-refractivity contribution in [2.75, 3.05) is 0 Å². The van der Waals surface area contributed by atoms with E-state index in [-0.39, 0.29) is 0 Å². The fraction of sp³-hybridized carbons (Fsp3) is 0. The van der Waals surface area contributed by atoms with E-state index in [1.807, 2.05) is 53.1 Å². The molecule has 0 saturated carbocycles. The molecule has 1 N–H and O–H groups in total. The first kappa shape index (κ1) is 11.9. The first-order valence-corrected chi connectivity index (χ1v) is 6.49. The number of benzene rings is 1. The molecule has 0 saturated heterocycles. The number of nitrogens with zero attached hydrogens (tertiary/aromatic N) is 3. The minimum Gasteiger partial charge on any atom is -0.411 e. The maximum absolute atomic E-state index is 8.85. The maximum atomic E-state index is 8.85. The SMILES string of the molecule is O/N=C/c1c(-c2ccccc2)nc2ccc(Br)cn12. The number of aromatic nitrogens is 2. The molecule has 0 aliphatic carbocycles. The van der Waals surface area contributed by atoms with Gasteiger partial charge in [-0.1, -0.05) is 35.5 Å². The third kappa shape index (κ3) is 2.13. The smallest absolute Gasteiger partial charge is 0.138 e. The van der Waals surface area contributed by atoms with Gasteiger partial charge in [-0.15, -0.1) is 0 Å². The van der Waals surface area contributed by atoms with Gasteiger partial charge in [0.25, 0.3) is 0 Å². The Morgan fingerprint density at radius 2 is 1.95 bits per heavy atom. The van der Waals surface area contributed by atoms with E-state index in [4.69, 9.17) is 5.21 Å². The molecule has 0 atom stereocenters. The number of hydrogen-bond acceptors (Lipinski definition) is 3. The first-order chi connectivity index (χ1) is 9.29. The zero-order valence-corrected chi connectivity index (χ0v) is 11.4. The van der Waals surface area contributed by atoms with E-state index in [1.165, 1.54) is 6.21 Å². The minimum atomic E-state index is 0.741. The van der Waals surface area contributed by atoms with Crippen molar-refractivity contribution in [1.82, 2.24) is 9.38 Å². The van der Waals surface area contributed by atoms with Crippen LogP contribution in [0.1, 0.15) is 5.69 Å². The fourth-order valence-corrected chi connectivity index (χ4v) is 2.36. The maximum Gasteiger partial charge on any atom is 0.138 e. The number of pyridine rings is 1. The summed E-state index contributed by atoms with van der Waals surface area (Å²) in [4.78, 5) is 4.58. The van der Waals surface area contributed by atoms with Crippen LogP contribution >= 0.6 is 15.9 Å². The van der Waals surface area contributed by atoms with Crippen molar-refractivity contribution in [3.05, 3.63) is 58.8 Å². The van der Waals surface area contributed by atoms with Crippen molar-refractivity contribution in [3.8, 4) is 11.3 Å². The number of fused-ring (bicyclic) bond motifs is 1. The van der Waals surface area contributed by atoms with E-state index in [2.05, 4.69) is 26.1 Å². The van der Waals surface area contributed by atoms with Crippen molar-refractivity contribution < 1.29 is 5.21 Å². The lowest BCUT2D eigenvalue weighted by molar-refractivity contribution is 0.321. The van der Waals surface area contributed by atoms with Gasteiger partial charge in [0.1, 0.15) is 5.65 Å². The average molecular weight is 316 g/mol. The largest absolute Gasteiger partial charge is 0.411 e. The number of rotatable bonds is 2. The van der Waals surface area contributed by atoms with Gasteiger partial charge < -0.3 is 5.21 Å². The summed E-state index contributed by atoms with van der Waals surface area (Å²) >= 11 is 3.43. The highest BCUT2D eigenvalue weighted by Gasteiger charge is 2.12. The Kier molecular flexibility index (Phi) is 3.05. The summed E-state index contributed by atoms with van der Waals surface area (Å²) in [5, 5.41) is 12.0. The van der Waals surface area contributed by atoms with Gasteiger partial charge in [0, 0.05) is 16.2 Å². The molecule has 0 aliphatic heterocycles. The summed E-state index contributed by atoms with van der Waals surface area (Å²) in [6.07, 6.45) is 3.29. The molecule has 5 heteroatoms. The molecular weight excluding hydrogens is 306 g/mol. The summed E-state index contributed by atoms with van der Waals surface area (Å²) in [6, 6.07) is 13.7. The predicted molar refractivity (Wildman–Crippen MR) is 77.7 cm³/mol. The standard InChI is InChI=1S/C14H10BrN3O/c15-11-6-7-13-17-14(10-4-2-1-3-5-10)12(8-16-19)18(13)9-11/h1-9,19H/b16-8+. The molecule has 0 bridgehead atoms. The summed E-state index contributed by atoms with van der Waals surface area (Å²) in [5.41, 5.74) is 3.32. The van der Waals surface area contributed by atoms with Crippen LogP contribution < -0.4 is 0 Å². The van der Waals surface area contributed by atoms with Gasteiger partial charge in [-0.25, -0.2) is 4.98 Å². The van der Waals surface area contributed by atoms with Crippen molar-refractivity contribution in [1.29, 1.82) is 0 Å². The highest BCUT2D eigenvalue weighted by atomic mass is 79.9. The Hall–Kier alpha value is -2.14. The molecule has 3 aromatic rings. The molecule has 0 aliphatic rings. The molecule has 0 spiro atoms. The van der Waals surface area contributed by atoms with E-state index in [0.29, 0.717) is 0 Å². The number of halogens is 1. The van der Waals surface area contributed by atoms with E-state index in [0.717, 1.165) is 27.1 Å². The summed E-state index contributed by atoms with van der Waals surface area (Å²) in [5.74, 6) is 0. The van der Waals surface area contributed by atoms with E-state index in [1.54, 1.807) is 0 Å². The predicted octanol–water partition coefficient (Wildman–Crippen LogP) is 3.57. The molecule has 0 fully saturated rings.